The molecule has 1 atom stereocenters. The summed E-state index contributed by atoms with van der Waals surface area (Å²) in [4.78, 5) is 14.5. The second kappa shape index (κ2) is 12.0. The molecule has 1 amide bonds. The zero-order chi connectivity index (χ0) is 16.8. The third-order valence-corrected chi connectivity index (χ3v) is 5.83. The van der Waals surface area contributed by atoms with E-state index in [4.69, 9.17) is 0 Å². The van der Waals surface area contributed by atoms with Crippen LogP contribution in [0.4, 0.5) is 4.39 Å². The van der Waals surface area contributed by atoms with Gasteiger partial charge in [0.25, 0.3) is 0 Å². The van der Waals surface area contributed by atoms with Crippen LogP contribution in [0.1, 0.15) is 24.8 Å². The lowest BCUT2D eigenvalue weighted by Crippen LogP contribution is -2.47. The molecule has 2 N–H and O–H groups in total. The first-order valence-corrected chi connectivity index (χ1v) is 9.92. The molecule has 2 saturated heterocycles. The van der Waals surface area contributed by atoms with E-state index >= 15 is 0 Å². The van der Waals surface area contributed by atoms with Crippen LogP contribution in [0.3, 0.4) is 0 Å². The van der Waals surface area contributed by atoms with Gasteiger partial charge >= 0.3 is 0 Å². The Balaban J connectivity index is 0.00000169. The quantitative estimate of drug-likeness (QED) is 0.763. The Labute approximate surface area is 171 Å². The highest BCUT2D eigenvalue weighted by Crippen LogP contribution is 2.15. The number of nitrogens with one attached hydrogen (secondary N) is 2. The van der Waals surface area contributed by atoms with Gasteiger partial charge in [-0.15, -0.1) is 24.8 Å². The molecule has 148 valence electrons. The third-order valence-electron chi connectivity index (χ3n) is 4.70. The highest BCUT2D eigenvalue weighted by Gasteiger charge is 2.22. The number of piperidine rings is 1. The number of halogens is 3. The second-order valence-electron chi connectivity index (χ2n) is 6.67. The number of thioether (sulfide) groups is 1. The maximum atomic E-state index is 12.9. The van der Waals surface area contributed by atoms with Gasteiger partial charge in [-0.3, -0.25) is 9.69 Å². The first kappa shape index (κ1) is 23.5. The second-order valence-corrected chi connectivity index (χ2v) is 7.82. The van der Waals surface area contributed by atoms with Gasteiger partial charge in [-0.05, 0) is 30.5 Å². The molecule has 0 radical (unpaired) electrons. The molecular weight excluding hydrogens is 396 g/mol. The van der Waals surface area contributed by atoms with Crippen LogP contribution >= 0.6 is 36.6 Å². The standard InChI is InChI=1S/C18H26FN3OS.2ClH/c19-15-3-1-14(2-4-15)12-22-8-5-16(6-9-22)21-18(23)11-17-13-24-10-7-20-17;;/h1-4,16-17,20H,5-13H2,(H,21,23);2*1H. The molecule has 4 nitrogen and oxygen atoms in total. The summed E-state index contributed by atoms with van der Waals surface area (Å²) >= 11 is 1.92. The van der Waals surface area contributed by atoms with Crippen LogP contribution in [0.5, 0.6) is 0 Å². The van der Waals surface area contributed by atoms with E-state index in [-0.39, 0.29) is 36.5 Å². The van der Waals surface area contributed by atoms with Gasteiger partial charge in [0.05, 0.1) is 0 Å². The van der Waals surface area contributed by atoms with Gasteiger partial charge in [0.15, 0.2) is 0 Å². The Morgan fingerprint density at radius 3 is 2.54 bits per heavy atom. The van der Waals surface area contributed by atoms with Crippen molar-refractivity contribution < 1.29 is 9.18 Å². The fourth-order valence-electron chi connectivity index (χ4n) is 3.34. The average molecular weight is 424 g/mol. The summed E-state index contributed by atoms with van der Waals surface area (Å²) in [5.41, 5.74) is 1.14. The monoisotopic (exact) mass is 423 g/mol. The summed E-state index contributed by atoms with van der Waals surface area (Å²) in [6.07, 6.45) is 2.56. The first-order valence-electron chi connectivity index (χ1n) is 8.76. The Bertz CT molecular complexity index is 536. The minimum absolute atomic E-state index is 0. The van der Waals surface area contributed by atoms with Crippen molar-refractivity contribution in [3.8, 4) is 0 Å². The van der Waals surface area contributed by atoms with Gasteiger partial charge < -0.3 is 10.6 Å². The van der Waals surface area contributed by atoms with Crippen LogP contribution in [-0.2, 0) is 11.3 Å². The van der Waals surface area contributed by atoms with Gasteiger partial charge in [0.1, 0.15) is 5.82 Å². The molecular formula is C18H28Cl2FN3OS. The average Bonchev–Trinajstić information content (AvgIpc) is 2.59. The van der Waals surface area contributed by atoms with Crippen LogP contribution in [-0.4, -0.2) is 54.0 Å². The fourth-order valence-corrected chi connectivity index (χ4v) is 4.29. The smallest absolute Gasteiger partial charge is 0.221 e. The number of rotatable bonds is 5. The molecule has 0 bridgehead atoms. The number of amides is 1. The molecule has 26 heavy (non-hydrogen) atoms. The van der Waals surface area contributed by atoms with Crippen molar-refractivity contribution in [2.45, 2.75) is 37.9 Å². The Kier molecular flexibility index (Phi) is 10.9. The predicted octanol–water partition coefficient (Wildman–Crippen LogP) is 2.85. The van der Waals surface area contributed by atoms with Crippen LogP contribution in [0, 0.1) is 5.82 Å². The Morgan fingerprint density at radius 1 is 1.23 bits per heavy atom. The summed E-state index contributed by atoms with van der Waals surface area (Å²) < 4.78 is 12.9. The van der Waals surface area contributed by atoms with E-state index in [9.17, 15) is 9.18 Å². The molecule has 2 heterocycles. The van der Waals surface area contributed by atoms with Crippen molar-refractivity contribution in [1.29, 1.82) is 0 Å². The SMILES string of the molecule is Cl.Cl.O=C(CC1CSCCN1)NC1CCN(Cc2ccc(F)cc2)CC1. The van der Waals surface area contributed by atoms with E-state index in [1.54, 1.807) is 0 Å². The lowest BCUT2D eigenvalue weighted by Gasteiger charge is -2.33. The van der Waals surface area contributed by atoms with Gasteiger partial charge in [-0.25, -0.2) is 4.39 Å². The van der Waals surface area contributed by atoms with Crippen molar-refractivity contribution in [1.82, 2.24) is 15.5 Å². The van der Waals surface area contributed by atoms with Gasteiger partial charge in [0, 0.05) is 56.2 Å². The fraction of sp³-hybridized carbons (Fsp3) is 0.611. The zero-order valence-electron chi connectivity index (χ0n) is 14.8. The lowest BCUT2D eigenvalue weighted by molar-refractivity contribution is -0.122. The number of hydrogen-bond donors (Lipinski definition) is 2. The van der Waals surface area contributed by atoms with E-state index in [0.717, 1.165) is 56.1 Å². The van der Waals surface area contributed by atoms with Gasteiger partial charge in [0.2, 0.25) is 5.91 Å². The summed E-state index contributed by atoms with van der Waals surface area (Å²) in [7, 11) is 0. The lowest BCUT2D eigenvalue weighted by atomic mass is 10.0. The largest absolute Gasteiger partial charge is 0.353 e. The number of carbonyl (C=O) groups excluding carboxylic acids is 1. The van der Waals surface area contributed by atoms with E-state index in [2.05, 4.69) is 15.5 Å². The van der Waals surface area contributed by atoms with Crippen LogP contribution in [0.2, 0.25) is 0 Å². The highest BCUT2D eigenvalue weighted by molar-refractivity contribution is 7.99. The maximum Gasteiger partial charge on any atom is 0.221 e. The molecule has 0 aliphatic carbocycles. The topological polar surface area (TPSA) is 44.4 Å². The molecule has 0 saturated carbocycles. The summed E-state index contributed by atoms with van der Waals surface area (Å²) in [6.45, 7) is 3.80. The summed E-state index contributed by atoms with van der Waals surface area (Å²) in [6, 6.07) is 7.33. The predicted molar refractivity (Wildman–Crippen MR) is 111 cm³/mol. The number of likely N-dealkylation sites (tertiary alicyclic amines) is 1. The van der Waals surface area contributed by atoms with Crippen LogP contribution < -0.4 is 10.6 Å². The molecule has 1 aromatic rings. The molecule has 2 aliphatic rings. The molecule has 8 heteroatoms. The molecule has 0 aromatic heterocycles. The van der Waals surface area contributed by atoms with Crippen molar-refractivity contribution in [3.63, 3.8) is 0 Å². The number of benzene rings is 1. The zero-order valence-corrected chi connectivity index (χ0v) is 17.2. The van der Waals surface area contributed by atoms with Gasteiger partial charge in [-0.1, -0.05) is 12.1 Å². The molecule has 1 unspecified atom stereocenters. The molecule has 0 spiro atoms. The third kappa shape index (κ3) is 7.61. The number of carbonyl (C=O) groups is 1. The van der Waals surface area contributed by atoms with Crippen molar-refractivity contribution >= 4 is 42.5 Å². The molecule has 2 aliphatic heterocycles. The molecule has 3 rings (SSSR count). The minimum Gasteiger partial charge on any atom is -0.353 e. The van der Waals surface area contributed by atoms with E-state index in [0.29, 0.717) is 18.5 Å². The van der Waals surface area contributed by atoms with Gasteiger partial charge in [-0.2, -0.15) is 11.8 Å². The molecule has 1 aromatic carbocycles. The summed E-state index contributed by atoms with van der Waals surface area (Å²) in [5, 5.41) is 6.60. The highest BCUT2D eigenvalue weighted by atomic mass is 35.5. The van der Waals surface area contributed by atoms with E-state index in [1.165, 1.54) is 12.1 Å². The Hall–Kier alpha value is -0.530. The Morgan fingerprint density at radius 2 is 1.92 bits per heavy atom. The van der Waals surface area contributed by atoms with E-state index < -0.39 is 0 Å². The minimum atomic E-state index is -0.189. The van der Waals surface area contributed by atoms with Crippen LogP contribution in [0.15, 0.2) is 24.3 Å². The van der Waals surface area contributed by atoms with Crippen molar-refractivity contribution in [2.75, 3.05) is 31.1 Å². The van der Waals surface area contributed by atoms with Crippen molar-refractivity contribution in [2.24, 2.45) is 0 Å². The van der Waals surface area contributed by atoms with Crippen LogP contribution in [0.25, 0.3) is 0 Å². The van der Waals surface area contributed by atoms with Crippen molar-refractivity contribution in [3.05, 3.63) is 35.6 Å². The molecule has 2 fully saturated rings. The summed E-state index contributed by atoms with van der Waals surface area (Å²) in [5.74, 6) is 2.16. The first-order chi connectivity index (χ1) is 11.7. The van der Waals surface area contributed by atoms with E-state index in [1.807, 2.05) is 23.9 Å². The normalized spacial score (nSPS) is 21.3. The number of nitrogens with zero attached hydrogens (tertiary/aromatic N) is 1. The number of hydrogen-bond acceptors (Lipinski definition) is 4. The maximum absolute atomic E-state index is 12.9.